The van der Waals surface area contributed by atoms with Crippen LogP contribution in [0.2, 0.25) is 0 Å². The van der Waals surface area contributed by atoms with E-state index in [-0.39, 0.29) is 16.6 Å². The van der Waals surface area contributed by atoms with Gasteiger partial charge >= 0.3 is 0 Å². The number of nitrogens with zero attached hydrogens (tertiary/aromatic N) is 5. The molecule has 0 saturated carbocycles. The molecule has 2 heterocycles. The van der Waals surface area contributed by atoms with Crippen LogP contribution in [0.1, 0.15) is 0 Å². The number of rotatable bonds is 7. The summed E-state index contributed by atoms with van der Waals surface area (Å²) in [7, 11) is -3.60. The van der Waals surface area contributed by atoms with Gasteiger partial charge in [-0.2, -0.15) is 8.99 Å². The van der Waals surface area contributed by atoms with Crippen molar-refractivity contribution in [3.8, 4) is 5.69 Å². The molecule has 0 atom stereocenters. The largest absolute Gasteiger partial charge is 0.379 e. The minimum absolute atomic E-state index is 0.00349. The van der Waals surface area contributed by atoms with Crippen molar-refractivity contribution < 1.29 is 22.3 Å². The maximum absolute atomic E-state index is 13.5. The van der Waals surface area contributed by atoms with Gasteiger partial charge in [-0.3, -0.25) is 4.79 Å². The van der Waals surface area contributed by atoms with Gasteiger partial charge in [-0.25, -0.2) is 12.8 Å². The summed E-state index contributed by atoms with van der Waals surface area (Å²) in [5.41, 5.74) is 0.899. The summed E-state index contributed by atoms with van der Waals surface area (Å²) in [5.74, 6) is -0.748. The molecule has 168 valence electrons. The number of sulfonamides is 1. The fraction of sp³-hybridized carbons (Fsp3) is 0.263. The molecule has 0 aliphatic carbocycles. The van der Waals surface area contributed by atoms with Crippen molar-refractivity contribution in [2.45, 2.75) is 10.1 Å². The molecule has 2 aromatic carbocycles. The Hall–Kier alpha value is -2.87. The zero-order chi connectivity index (χ0) is 22.6. The third kappa shape index (κ3) is 5.12. The normalized spacial score (nSPS) is 14.9. The monoisotopic (exact) mass is 478 g/mol. The second kappa shape index (κ2) is 9.73. The van der Waals surface area contributed by atoms with E-state index in [1.165, 1.54) is 51.5 Å². The molecule has 1 aromatic heterocycles. The van der Waals surface area contributed by atoms with Crippen molar-refractivity contribution in [3.05, 3.63) is 54.3 Å². The number of hydrogen-bond donors (Lipinski definition) is 1. The molecule has 1 aliphatic rings. The van der Waals surface area contributed by atoms with E-state index in [4.69, 9.17) is 4.74 Å². The van der Waals surface area contributed by atoms with Gasteiger partial charge < -0.3 is 10.1 Å². The van der Waals surface area contributed by atoms with Crippen molar-refractivity contribution in [2.75, 3.05) is 37.4 Å². The molecule has 1 amide bonds. The van der Waals surface area contributed by atoms with Crippen LogP contribution >= 0.6 is 11.8 Å². The van der Waals surface area contributed by atoms with Gasteiger partial charge in [0.05, 0.1) is 29.5 Å². The molecule has 1 fully saturated rings. The summed E-state index contributed by atoms with van der Waals surface area (Å²) in [6, 6.07) is 11.8. The number of ether oxygens (including phenoxy) is 1. The fourth-order valence-corrected chi connectivity index (χ4v) is 5.11. The van der Waals surface area contributed by atoms with Gasteiger partial charge in [0, 0.05) is 18.8 Å². The van der Waals surface area contributed by atoms with Crippen LogP contribution in [-0.4, -0.2) is 70.9 Å². The van der Waals surface area contributed by atoms with E-state index in [9.17, 15) is 17.6 Å². The van der Waals surface area contributed by atoms with Crippen LogP contribution in [0.15, 0.2) is 58.6 Å². The predicted molar refractivity (Wildman–Crippen MR) is 114 cm³/mol. The predicted octanol–water partition coefficient (Wildman–Crippen LogP) is 1.55. The number of benzene rings is 2. The van der Waals surface area contributed by atoms with Gasteiger partial charge in [0.1, 0.15) is 5.82 Å². The maximum atomic E-state index is 13.5. The highest BCUT2D eigenvalue weighted by atomic mass is 32.2. The van der Waals surface area contributed by atoms with E-state index in [2.05, 4.69) is 20.8 Å². The van der Waals surface area contributed by atoms with Gasteiger partial charge in [0.25, 0.3) is 0 Å². The smallest absolute Gasteiger partial charge is 0.243 e. The van der Waals surface area contributed by atoms with Gasteiger partial charge in [-0.1, -0.05) is 17.8 Å². The van der Waals surface area contributed by atoms with E-state index in [1.54, 1.807) is 6.07 Å². The second-order valence-electron chi connectivity index (χ2n) is 6.73. The Morgan fingerprint density at radius 2 is 1.91 bits per heavy atom. The number of amides is 1. The first-order valence-corrected chi connectivity index (χ1v) is 12.0. The number of nitrogens with one attached hydrogen (secondary N) is 1. The lowest BCUT2D eigenvalue weighted by Crippen LogP contribution is -2.40. The molecule has 1 saturated heterocycles. The van der Waals surface area contributed by atoms with Crippen LogP contribution in [0.4, 0.5) is 10.1 Å². The molecule has 32 heavy (non-hydrogen) atoms. The molecule has 10 nitrogen and oxygen atoms in total. The van der Waals surface area contributed by atoms with Gasteiger partial charge in [-0.05, 0) is 52.9 Å². The third-order valence-corrected chi connectivity index (χ3v) is 7.40. The molecule has 0 unspecified atom stereocenters. The highest BCUT2D eigenvalue weighted by Crippen LogP contribution is 2.21. The van der Waals surface area contributed by atoms with Gasteiger partial charge in [0.15, 0.2) is 0 Å². The van der Waals surface area contributed by atoms with Gasteiger partial charge in [-0.15, -0.1) is 5.10 Å². The molecule has 13 heteroatoms. The first kappa shape index (κ1) is 22.3. The molecule has 3 aromatic rings. The Kier molecular flexibility index (Phi) is 6.79. The molecule has 0 bridgehead atoms. The van der Waals surface area contributed by atoms with Crippen LogP contribution in [0.5, 0.6) is 0 Å². The quantitative estimate of drug-likeness (QED) is 0.508. The van der Waals surface area contributed by atoms with Crippen LogP contribution in [0.3, 0.4) is 0 Å². The van der Waals surface area contributed by atoms with Crippen LogP contribution in [0, 0.1) is 5.82 Å². The maximum Gasteiger partial charge on any atom is 0.243 e. The number of hydrogen-bond acceptors (Lipinski definition) is 8. The minimum atomic E-state index is -3.60. The van der Waals surface area contributed by atoms with E-state index in [0.717, 1.165) is 11.8 Å². The van der Waals surface area contributed by atoms with Crippen molar-refractivity contribution >= 4 is 33.4 Å². The third-order valence-electron chi connectivity index (χ3n) is 4.57. The summed E-state index contributed by atoms with van der Waals surface area (Å²) in [6.07, 6.45) is 0. The number of anilines is 1. The van der Waals surface area contributed by atoms with Crippen LogP contribution < -0.4 is 5.32 Å². The van der Waals surface area contributed by atoms with Crippen LogP contribution in [0.25, 0.3) is 5.69 Å². The average molecular weight is 479 g/mol. The number of carbonyl (C=O) groups is 1. The minimum Gasteiger partial charge on any atom is -0.379 e. The standard InChI is InChI=1S/C19H19FN6O4S2/c20-14-2-1-3-16(12-14)26-19(22-23-24-26)31-13-18(27)21-15-4-6-17(7-5-15)32(28,29)25-8-10-30-11-9-25/h1-7,12H,8-11,13H2,(H,21,27). The molecular formula is C19H19FN6O4S2. The SMILES string of the molecule is O=C(CSc1nnnn1-c1cccc(F)c1)Nc1ccc(S(=O)(=O)N2CCOCC2)cc1. The van der Waals surface area contributed by atoms with Crippen molar-refractivity contribution in [1.82, 2.24) is 24.5 Å². The first-order valence-electron chi connectivity index (χ1n) is 9.58. The second-order valence-corrected chi connectivity index (χ2v) is 9.61. The topological polar surface area (TPSA) is 119 Å². The Morgan fingerprint density at radius 1 is 1.16 bits per heavy atom. The zero-order valence-electron chi connectivity index (χ0n) is 16.7. The van der Waals surface area contributed by atoms with Crippen molar-refractivity contribution in [1.29, 1.82) is 0 Å². The lowest BCUT2D eigenvalue weighted by molar-refractivity contribution is -0.113. The lowest BCUT2D eigenvalue weighted by Gasteiger charge is -2.26. The van der Waals surface area contributed by atoms with Gasteiger partial charge in [0.2, 0.25) is 21.1 Å². The molecule has 0 radical (unpaired) electrons. The Morgan fingerprint density at radius 3 is 2.62 bits per heavy atom. The van der Waals surface area contributed by atoms with Crippen molar-refractivity contribution in [3.63, 3.8) is 0 Å². The number of tetrazole rings is 1. The number of carbonyl (C=O) groups excluding carboxylic acids is 1. The van der Waals surface area contributed by atoms with E-state index < -0.39 is 15.8 Å². The Labute approximate surface area is 187 Å². The molecular weight excluding hydrogens is 459 g/mol. The fourth-order valence-electron chi connectivity index (χ4n) is 3.01. The molecule has 1 aliphatic heterocycles. The number of morpholine rings is 1. The molecule has 4 rings (SSSR count). The highest BCUT2D eigenvalue weighted by molar-refractivity contribution is 7.99. The van der Waals surface area contributed by atoms with E-state index >= 15 is 0 Å². The summed E-state index contributed by atoms with van der Waals surface area (Å²) in [6.45, 7) is 1.36. The lowest BCUT2D eigenvalue weighted by atomic mass is 10.3. The van der Waals surface area contributed by atoms with Crippen molar-refractivity contribution in [2.24, 2.45) is 0 Å². The first-order chi connectivity index (χ1) is 15.4. The Balaban J connectivity index is 1.36. The number of halogens is 1. The zero-order valence-corrected chi connectivity index (χ0v) is 18.4. The summed E-state index contributed by atoms with van der Waals surface area (Å²) in [5, 5.41) is 14.3. The highest BCUT2D eigenvalue weighted by Gasteiger charge is 2.26. The summed E-state index contributed by atoms with van der Waals surface area (Å²) >= 11 is 1.09. The summed E-state index contributed by atoms with van der Waals surface area (Å²) in [4.78, 5) is 12.5. The Bertz CT molecular complexity index is 1200. The molecule has 1 N–H and O–H groups in total. The summed E-state index contributed by atoms with van der Waals surface area (Å²) < 4.78 is 46.7. The number of aromatic nitrogens is 4. The average Bonchev–Trinajstić information content (AvgIpc) is 3.27. The number of thioether (sulfide) groups is 1. The van der Waals surface area contributed by atoms with Crippen LogP contribution in [-0.2, 0) is 19.6 Å². The van der Waals surface area contributed by atoms with E-state index in [1.807, 2.05) is 0 Å². The van der Waals surface area contributed by atoms with E-state index in [0.29, 0.717) is 42.8 Å². The molecule has 0 spiro atoms.